The fourth-order valence-corrected chi connectivity index (χ4v) is 1.33. The lowest BCUT2D eigenvalue weighted by atomic mass is 9.89. The molecule has 0 radical (unpaired) electrons. The summed E-state index contributed by atoms with van der Waals surface area (Å²) in [5, 5.41) is 17.7. The molecule has 80 valence electrons. The Morgan fingerprint density at radius 1 is 1.00 bits per heavy atom. The molecule has 0 rings (SSSR count). The molecule has 0 bridgehead atoms. The molecule has 2 heteroatoms. The van der Waals surface area contributed by atoms with E-state index in [-0.39, 0.29) is 19.1 Å². The van der Waals surface area contributed by atoms with E-state index in [2.05, 4.69) is 20.8 Å². The fourth-order valence-electron chi connectivity index (χ4n) is 1.33. The Bertz CT molecular complexity index is 112. The third-order valence-corrected chi connectivity index (χ3v) is 2.31. The molecule has 0 fully saturated rings. The van der Waals surface area contributed by atoms with Gasteiger partial charge in [0.1, 0.15) is 0 Å². The van der Waals surface area contributed by atoms with Crippen molar-refractivity contribution in [3.63, 3.8) is 0 Å². The lowest BCUT2D eigenvalue weighted by molar-refractivity contribution is 0.140. The number of hydrogen-bond acceptors (Lipinski definition) is 2. The molecular formula is C11H24O2. The summed E-state index contributed by atoms with van der Waals surface area (Å²) >= 11 is 0. The molecule has 0 aliphatic carbocycles. The molecule has 0 unspecified atom stereocenters. The van der Waals surface area contributed by atoms with Crippen LogP contribution in [-0.4, -0.2) is 23.4 Å². The summed E-state index contributed by atoms with van der Waals surface area (Å²) in [5.41, 5.74) is 0.411. The highest BCUT2D eigenvalue weighted by atomic mass is 16.3. The van der Waals surface area contributed by atoms with Crippen molar-refractivity contribution in [3.8, 4) is 0 Å². The number of rotatable bonds is 6. The van der Waals surface area contributed by atoms with Crippen LogP contribution >= 0.6 is 0 Å². The van der Waals surface area contributed by atoms with Gasteiger partial charge in [-0.2, -0.15) is 0 Å². The van der Waals surface area contributed by atoms with Gasteiger partial charge in [-0.25, -0.2) is 0 Å². The van der Waals surface area contributed by atoms with Gasteiger partial charge in [-0.15, -0.1) is 0 Å². The first kappa shape index (κ1) is 12.9. The maximum atomic E-state index is 8.83. The van der Waals surface area contributed by atoms with Crippen LogP contribution in [0.15, 0.2) is 0 Å². The molecule has 0 amide bonds. The predicted molar refractivity (Wildman–Crippen MR) is 55.6 cm³/mol. The topological polar surface area (TPSA) is 40.5 Å². The van der Waals surface area contributed by atoms with Gasteiger partial charge in [0.15, 0.2) is 0 Å². The van der Waals surface area contributed by atoms with Gasteiger partial charge in [-0.1, -0.05) is 33.6 Å². The van der Waals surface area contributed by atoms with Crippen molar-refractivity contribution in [2.75, 3.05) is 13.2 Å². The smallest absolute Gasteiger partial charge is 0.0481 e. The zero-order valence-electron chi connectivity index (χ0n) is 9.21. The minimum atomic E-state index is 0.0972. The maximum Gasteiger partial charge on any atom is 0.0481 e. The molecule has 0 aliphatic heterocycles. The lowest BCUT2D eigenvalue weighted by Crippen LogP contribution is -2.11. The molecule has 0 saturated carbocycles. The van der Waals surface area contributed by atoms with Gasteiger partial charge >= 0.3 is 0 Å². The summed E-state index contributed by atoms with van der Waals surface area (Å²) in [4.78, 5) is 0. The van der Waals surface area contributed by atoms with Crippen molar-refractivity contribution >= 4 is 0 Å². The van der Waals surface area contributed by atoms with Gasteiger partial charge < -0.3 is 10.2 Å². The number of aliphatic hydroxyl groups excluding tert-OH is 2. The van der Waals surface area contributed by atoms with Gasteiger partial charge in [0.25, 0.3) is 0 Å². The highest BCUT2D eigenvalue weighted by Crippen LogP contribution is 2.22. The Hall–Kier alpha value is -0.0800. The molecule has 0 aromatic heterocycles. The van der Waals surface area contributed by atoms with Crippen LogP contribution in [0.5, 0.6) is 0 Å². The Labute approximate surface area is 82.0 Å². The molecule has 0 heterocycles. The van der Waals surface area contributed by atoms with E-state index < -0.39 is 0 Å². The second-order valence-electron chi connectivity index (χ2n) is 5.04. The average Bonchev–Trinajstić information content (AvgIpc) is 2.03. The predicted octanol–water partition coefficient (Wildman–Crippen LogP) is 2.19. The van der Waals surface area contributed by atoms with E-state index >= 15 is 0 Å². The van der Waals surface area contributed by atoms with E-state index in [4.69, 9.17) is 10.2 Å². The van der Waals surface area contributed by atoms with Gasteiger partial charge in [-0.05, 0) is 18.3 Å². The van der Waals surface area contributed by atoms with Crippen LogP contribution in [0.3, 0.4) is 0 Å². The SMILES string of the molecule is CC(C)(C)CCCCC(CO)CO. The van der Waals surface area contributed by atoms with Crippen molar-refractivity contribution in [3.05, 3.63) is 0 Å². The summed E-state index contributed by atoms with van der Waals surface area (Å²) in [5.74, 6) is 0.0972. The third kappa shape index (κ3) is 8.26. The Kier molecular flexibility index (Phi) is 6.35. The van der Waals surface area contributed by atoms with Crippen molar-refractivity contribution in [1.82, 2.24) is 0 Å². The average molecular weight is 188 g/mol. The summed E-state index contributed by atoms with van der Waals surface area (Å²) in [6.45, 7) is 6.95. The van der Waals surface area contributed by atoms with Crippen molar-refractivity contribution in [1.29, 1.82) is 0 Å². The van der Waals surface area contributed by atoms with E-state index in [0.717, 1.165) is 12.8 Å². The van der Waals surface area contributed by atoms with Crippen LogP contribution in [0.4, 0.5) is 0 Å². The fraction of sp³-hybridized carbons (Fsp3) is 1.00. The molecular weight excluding hydrogens is 164 g/mol. The normalized spacial score (nSPS) is 12.5. The second kappa shape index (κ2) is 6.39. The first-order chi connectivity index (χ1) is 5.99. The maximum absolute atomic E-state index is 8.83. The standard InChI is InChI=1S/C11H24O2/c1-11(2,3)7-5-4-6-10(8-12)9-13/h10,12-13H,4-9H2,1-3H3. The van der Waals surface area contributed by atoms with Crippen LogP contribution in [0.1, 0.15) is 46.5 Å². The third-order valence-electron chi connectivity index (χ3n) is 2.31. The van der Waals surface area contributed by atoms with E-state index in [0.29, 0.717) is 5.41 Å². The first-order valence-corrected chi connectivity index (χ1v) is 5.21. The Morgan fingerprint density at radius 2 is 1.54 bits per heavy atom. The summed E-state index contributed by atoms with van der Waals surface area (Å²) < 4.78 is 0. The highest BCUT2D eigenvalue weighted by Gasteiger charge is 2.10. The van der Waals surface area contributed by atoms with Gasteiger partial charge in [0.2, 0.25) is 0 Å². The zero-order chi connectivity index (χ0) is 10.3. The van der Waals surface area contributed by atoms with Crippen LogP contribution in [0.25, 0.3) is 0 Å². The van der Waals surface area contributed by atoms with E-state index in [9.17, 15) is 0 Å². The second-order valence-corrected chi connectivity index (χ2v) is 5.04. The first-order valence-electron chi connectivity index (χ1n) is 5.21. The molecule has 0 atom stereocenters. The number of unbranched alkanes of at least 4 members (excludes halogenated alkanes) is 1. The molecule has 0 saturated heterocycles. The Morgan fingerprint density at radius 3 is 1.92 bits per heavy atom. The molecule has 0 aromatic rings. The van der Waals surface area contributed by atoms with Gasteiger partial charge in [-0.3, -0.25) is 0 Å². The van der Waals surface area contributed by atoms with Crippen molar-refractivity contribution < 1.29 is 10.2 Å². The summed E-state index contributed by atoms with van der Waals surface area (Å²) in [6.07, 6.45) is 4.47. The van der Waals surface area contributed by atoms with Crippen molar-refractivity contribution in [2.45, 2.75) is 46.5 Å². The van der Waals surface area contributed by atoms with E-state index in [1.54, 1.807) is 0 Å². The highest BCUT2D eigenvalue weighted by molar-refractivity contribution is 4.62. The van der Waals surface area contributed by atoms with Crippen LogP contribution in [0.2, 0.25) is 0 Å². The zero-order valence-corrected chi connectivity index (χ0v) is 9.21. The number of aliphatic hydroxyl groups is 2. The molecule has 0 aliphatic rings. The molecule has 0 spiro atoms. The summed E-state index contributed by atoms with van der Waals surface area (Å²) in [7, 11) is 0. The van der Waals surface area contributed by atoms with Crippen LogP contribution in [-0.2, 0) is 0 Å². The van der Waals surface area contributed by atoms with E-state index in [1.807, 2.05) is 0 Å². The number of hydrogen-bond donors (Lipinski definition) is 2. The molecule has 13 heavy (non-hydrogen) atoms. The van der Waals surface area contributed by atoms with Gasteiger partial charge in [0, 0.05) is 19.1 Å². The molecule has 0 aromatic carbocycles. The van der Waals surface area contributed by atoms with Crippen LogP contribution < -0.4 is 0 Å². The minimum absolute atomic E-state index is 0.0972. The summed E-state index contributed by atoms with van der Waals surface area (Å²) in [6, 6.07) is 0. The Balaban J connectivity index is 3.34. The lowest BCUT2D eigenvalue weighted by Gasteiger charge is -2.18. The quantitative estimate of drug-likeness (QED) is 0.627. The van der Waals surface area contributed by atoms with Crippen molar-refractivity contribution in [2.24, 2.45) is 11.3 Å². The van der Waals surface area contributed by atoms with E-state index in [1.165, 1.54) is 12.8 Å². The van der Waals surface area contributed by atoms with Gasteiger partial charge in [0.05, 0.1) is 0 Å². The van der Waals surface area contributed by atoms with Crippen LogP contribution in [0, 0.1) is 11.3 Å². The molecule has 2 nitrogen and oxygen atoms in total. The molecule has 2 N–H and O–H groups in total. The minimum Gasteiger partial charge on any atom is -0.396 e. The monoisotopic (exact) mass is 188 g/mol. The largest absolute Gasteiger partial charge is 0.396 e.